The first kappa shape index (κ1) is 21.3. The number of carbonyl (C=O) groups excluding carboxylic acids is 2. The Morgan fingerprint density at radius 3 is 2.74 bits per heavy atom. The van der Waals surface area contributed by atoms with E-state index in [9.17, 15) is 9.59 Å². The average molecular weight is 438 g/mol. The molecule has 0 bridgehead atoms. The van der Waals surface area contributed by atoms with Gasteiger partial charge in [0, 0.05) is 29.1 Å². The highest BCUT2D eigenvalue weighted by atomic mass is 32.1. The molecule has 1 aliphatic rings. The number of benzene rings is 2. The van der Waals surface area contributed by atoms with Crippen LogP contribution < -0.4 is 15.4 Å². The van der Waals surface area contributed by atoms with Gasteiger partial charge in [-0.2, -0.15) is 0 Å². The molecule has 2 N–H and O–H groups in total. The van der Waals surface area contributed by atoms with Gasteiger partial charge in [-0.15, -0.1) is 11.3 Å². The number of aromatic nitrogens is 1. The van der Waals surface area contributed by atoms with Gasteiger partial charge in [0.05, 0.1) is 24.4 Å². The lowest BCUT2D eigenvalue weighted by molar-refractivity contribution is -0.122. The van der Waals surface area contributed by atoms with Gasteiger partial charge in [0.1, 0.15) is 5.75 Å². The van der Waals surface area contributed by atoms with Gasteiger partial charge < -0.3 is 15.4 Å². The minimum absolute atomic E-state index is 0.0224. The molecule has 3 aromatic rings. The fourth-order valence-electron chi connectivity index (χ4n) is 4.33. The first-order valence-electron chi connectivity index (χ1n) is 10.5. The molecular formula is C24H27N3O3S. The molecule has 0 spiro atoms. The number of ether oxygens (including phenoxy) is 1. The van der Waals surface area contributed by atoms with Gasteiger partial charge in [0.15, 0.2) is 0 Å². The Bertz CT molecular complexity index is 1110. The van der Waals surface area contributed by atoms with E-state index in [4.69, 9.17) is 4.74 Å². The summed E-state index contributed by atoms with van der Waals surface area (Å²) in [7, 11) is 1.67. The largest absolute Gasteiger partial charge is 0.496 e. The second-order valence-corrected chi connectivity index (χ2v) is 9.17. The van der Waals surface area contributed by atoms with Crippen LogP contribution >= 0.6 is 11.3 Å². The van der Waals surface area contributed by atoms with Crippen LogP contribution in [-0.2, 0) is 22.6 Å². The first-order valence-corrected chi connectivity index (χ1v) is 11.4. The molecule has 4 rings (SSSR count). The summed E-state index contributed by atoms with van der Waals surface area (Å²) in [5, 5.41) is 11.3. The number of aryl methyl sites for hydroxylation is 1. The number of hydrogen-bond donors (Lipinski definition) is 2. The standard InChI is InChI=1S/C24H27N3O3S/c1-16-26-18(15-31-16)14-25-22(28)9-11-24(12-10-23(29)27-24)13-17-7-8-21(30-2)20-6-4-3-5-19(17)20/h3-8,15H,9-14H2,1-2H3,(H,25,28)(H,27,29)/t24-/m0/s1. The topological polar surface area (TPSA) is 80.3 Å². The third kappa shape index (κ3) is 4.88. The van der Waals surface area contributed by atoms with Crippen molar-refractivity contribution in [3.63, 3.8) is 0 Å². The summed E-state index contributed by atoms with van der Waals surface area (Å²) in [5.41, 5.74) is 1.62. The highest BCUT2D eigenvalue weighted by molar-refractivity contribution is 7.09. The van der Waals surface area contributed by atoms with Crippen LogP contribution in [0, 0.1) is 6.92 Å². The van der Waals surface area contributed by atoms with Crippen molar-refractivity contribution in [2.75, 3.05) is 7.11 Å². The van der Waals surface area contributed by atoms with Crippen LogP contribution in [0.25, 0.3) is 10.8 Å². The number of methoxy groups -OCH3 is 1. The fourth-order valence-corrected chi connectivity index (χ4v) is 4.94. The predicted octanol–water partition coefficient (Wildman–Crippen LogP) is 3.90. The number of nitrogens with zero attached hydrogens (tertiary/aromatic N) is 1. The van der Waals surface area contributed by atoms with Gasteiger partial charge in [0.25, 0.3) is 0 Å². The molecule has 6 nitrogen and oxygen atoms in total. The zero-order valence-electron chi connectivity index (χ0n) is 17.9. The average Bonchev–Trinajstić information content (AvgIpc) is 3.36. The molecule has 1 fully saturated rings. The number of fused-ring (bicyclic) bond motifs is 1. The van der Waals surface area contributed by atoms with Crippen LogP contribution in [-0.4, -0.2) is 29.4 Å². The molecule has 1 atom stereocenters. The summed E-state index contributed by atoms with van der Waals surface area (Å²) in [6, 6.07) is 12.2. The predicted molar refractivity (Wildman–Crippen MR) is 122 cm³/mol. The SMILES string of the molecule is COc1ccc(C[C@]2(CCC(=O)NCc3csc(C)n3)CCC(=O)N2)c2ccccc12. The van der Waals surface area contributed by atoms with Gasteiger partial charge >= 0.3 is 0 Å². The van der Waals surface area contributed by atoms with E-state index in [0.29, 0.717) is 32.2 Å². The van der Waals surface area contributed by atoms with Crippen molar-refractivity contribution in [2.24, 2.45) is 0 Å². The van der Waals surface area contributed by atoms with Crippen LogP contribution in [0.4, 0.5) is 0 Å². The number of thiazole rings is 1. The highest BCUT2D eigenvalue weighted by Gasteiger charge is 2.38. The number of hydrogen-bond acceptors (Lipinski definition) is 5. The second-order valence-electron chi connectivity index (χ2n) is 8.11. The number of amides is 2. The smallest absolute Gasteiger partial charge is 0.220 e. The Hall–Kier alpha value is -2.93. The normalized spacial score (nSPS) is 18.2. The lowest BCUT2D eigenvalue weighted by Gasteiger charge is -2.30. The molecule has 31 heavy (non-hydrogen) atoms. The first-order chi connectivity index (χ1) is 15.0. The van der Waals surface area contributed by atoms with Crippen LogP contribution in [0.15, 0.2) is 41.8 Å². The lowest BCUT2D eigenvalue weighted by Crippen LogP contribution is -2.44. The summed E-state index contributed by atoms with van der Waals surface area (Å²) in [5.74, 6) is 0.863. The van der Waals surface area contributed by atoms with E-state index in [1.54, 1.807) is 18.4 Å². The molecule has 0 saturated carbocycles. The van der Waals surface area contributed by atoms with Crippen molar-refractivity contribution >= 4 is 33.9 Å². The van der Waals surface area contributed by atoms with E-state index in [0.717, 1.165) is 39.2 Å². The third-order valence-corrected chi connectivity index (χ3v) is 6.74. The van der Waals surface area contributed by atoms with E-state index in [1.165, 1.54) is 0 Å². The number of rotatable bonds is 8. The van der Waals surface area contributed by atoms with Crippen molar-refractivity contribution in [3.05, 3.63) is 58.0 Å². The Morgan fingerprint density at radius 1 is 1.26 bits per heavy atom. The third-order valence-electron chi connectivity index (χ3n) is 5.92. The Kier molecular flexibility index (Phi) is 6.23. The Balaban J connectivity index is 1.48. The van der Waals surface area contributed by atoms with Gasteiger partial charge in [-0.1, -0.05) is 30.3 Å². The van der Waals surface area contributed by atoms with Crippen molar-refractivity contribution < 1.29 is 14.3 Å². The van der Waals surface area contributed by atoms with E-state index in [-0.39, 0.29) is 11.8 Å². The minimum Gasteiger partial charge on any atom is -0.496 e. The molecule has 1 aliphatic heterocycles. The maximum Gasteiger partial charge on any atom is 0.220 e. The molecule has 7 heteroatoms. The molecule has 162 valence electrons. The molecule has 0 unspecified atom stereocenters. The molecule has 1 saturated heterocycles. The van der Waals surface area contributed by atoms with Crippen molar-refractivity contribution in [3.8, 4) is 5.75 Å². The summed E-state index contributed by atoms with van der Waals surface area (Å²) in [6.07, 6.45) is 2.86. The van der Waals surface area contributed by atoms with Crippen molar-refractivity contribution in [1.29, 1.82) is 0 Å². The molecule has 2 heterocycles. The van der Waals surface area contributed by atoms with E-state index in [2.05, 4.69) is 27.8 Å². The van der Waals surface area contributed by atoms with Gasteiger partial charge in [-0.3, -0.25) is 9.59 Å². The van der Waals surface area contributed by atoms with E-state index >= 15 is 0 Å². The van der Waals surface area contributed by atoms with Crippen LogP contribution in [0.1, 0.15) is 41.9 Å². The number of carbonyl (C=O) groups is 2. The van der Waals surface area contributed by atoms with E-state index in [1.807, 2.05) is 36.6 Å². The summed E-state index contributed by atoms with van der Waals surface area (Å²) in [4.78, 5) is 29.0. The molecule has 0 aliphatic carbocycles. The molecular weight excluding hydrogens is 410 g/mol. The zero-order valence-corrected chi connectivity index (χ0v) is 18.7. The molecule has 2 amide bonds. The monoisotopic (exact) mass is 437 g/mol. The van der Waals surface area contributed by atoms with Crippen molar-refractivity contribution in [1.82, 2.24) is 15.6 Å². The Morgan fingerprint density at radius 2 is 2.06 bits per heavy atom. The van der Waals surface area contributed by atoms with Crippen LogP contribution in [0.3, 0.4) is 0 Å². The molecule has 0 radical (unpaired) electrons. The maximum atomic E-state index is 12.5. The quantitative estimate of drug-likeness (QED) is 0.560. The fraction of sp³-hybridized carbons (Fsp3) is 0.375. The van der Waals surface area contributed by atoms with Crippen LogP contribution in [0.5, 0.6) is 5.75 Å². The molecule has 1 aromatic heterocycles. The summed E-state index contributed by atoms with van der Waals surface area (Å²) >= 11 is 1.58. The Labute approximate surface area is 186 Å². The van der Waals surface area contributed by atoms with Gasteiger partial charge in [-0.05, 0) is 43.2 Å². The second kappa shape index (κ2) is 9.06. The van der Waals surface area contributed by atoms with Gasteiger partial charge in [-0.25, -0.2) is 4.98 Å². The summed E-state index contributed by atoms with van der Waals surface area (Å²) < 4.78 is 5.51. The van der Waals surface area contributed by atoms with Crippen molar-refractivity contribution in [2.45, 2.75) is 51.1 Å². The molecule has 2 aromatic carbocycles. The summed E-state index contributed by atoms with van der Waals surface area (Å²) in [6.45, 7) is 2.39. The maximum absolute atomic E-state index is 12.5. The zero-order chi connectivity index (χ0) is 21.8. The highest BCUT2D eigenvalue weighted by Crippen LogP contribution is 2.34. The van der Waals surface area contributed by atoms with Crippen LogP contribution in [0.2, 0.25) is 0 Å². The van der Waals surface area contributed by atoms with Gasteiger partial charge in [0.2, 0.25) is 11.8 Å². The van der Waals surface area contributed by atoms with E-state index < -0.39 is 5.54 Å². The lowest BCUT2D eigenvalue weighted by atomic mass is 9.83. The minimum atomic E-state index is -0.414. The number of nitrogens with one attached hydrogen (secondary N) is 2.